The minimum atomic E-state index is -0.534. The van der Waals surface area contributed by atoms with Crippen LogP contribution < -0.4 is 10.6 Å². The molecule has 1 fully saturated rings. The first-order valence-electron chi connectivity index (χ1n) is 7.79. The molecule has 2 aromatic carbocycles. The van der Waals surface area contributed by atoms with Gasteiger partial charge in [0.2, 0.25) is 11.8 Å². The molecule has 1 aliphatic rings. The summed E-state index contributed by atoms with van der Waals surface area (Å²) in [6.45, 7) is 0. The van der Waals surface area contributed by atoms with Crippen molar-refractivity contribution in [2.45, 2.75) is 11.7 Å². The van der Waals surface area contributed by atoms with Gasteiger partial charge in [-0.25, -0.2) is 0 Å². The molecule has 8 heteroatoms. The number of nitrogens with one attached hydrogen (secondary N) is 2. The van der Waals surface area contributed by atoms with E-state index in [1.54, 1.807) is 30.5 Å². The molecule has 0 unspecified atom stereocenters. The Bertz CT molecular complexity index is 853. The van der Waals surface area contributed by atoms with Crippen molar-refractivity contribution >= 4 is 52.2 Å². The van der Waals surface area contributed by atoms with Gasteiger partial charge in [0.15, 0.2) is 5.17 Å². The quantitative estimate of drug-likeness (QED) is 0.611. The van der Waals surface area contributed by atoms with E-state index in [-0.39, 0.29) is 18.2 Å². The Labute approximate surface area is 159 Å². The van der Waals surface area contributed by atoms with E-state index in [0.29, 0.717) is 15.9 Å². The van der Waals surface area contributed by atoms with Crippen LogP contribution >= 0.6 is 23.4 Å². The van der Waals surface area contributed by atoms with Crippen molar-refractivity contribution in [1.82, 2.24) is 5.32 Å². The third-order valence-electron chi connectivity index (χ3n) is 3.43. The van der Waals surface area contributed by atoms with E-state index in [0.717, 1.165) is 5.56 Å². The number of nitrogens with zero attached hydrogens (tertiary/aromatic N) is 2. The maximum absolute atomic E-state index is 12.1. The predicted molar refractivity (Wildman–Crippen MR) is 106 cm³/mol. The van der Waals surface area contributed by atoms with Crippen molar-refractivity contribution in [3.63, 3.8) is 0 Å². The summed E-state index contributed by atoms with van der Waals surface area (Å²) in [4.78, 5) is 24.1. The van der Waals surface area contributed by atoms with Crippen LogP contribution in [-0.2, 0) is 9.59 Å². The summed E-state index contributed by atoms with van der Waals surface area (Å²) in [6.07, 6.45) is 1.64. The van der Waals surface area contributed by atoms with E-state index in [1.165, 1.54) is 11.8 Å². The van der Waals surface area contributed by atoms with Gasteiger partial charge in [0.1, 0.15) is 5.25 Å². The summed E-state index contributed by atoms with van der Waals surface area (Å²) in [5, 5.41) is 13.8. The zero-order valence-corrected chi connectivity index (χ0v) is 15.1. The molecule has 1 aliphatic heterocycles. The number of thioether (sulfide) groups is 1. The summed E-state index contributed by atoms with van der Waals surface area (Å²) >= 11 is 7.00. The number of halogens is 1. The van der Waals surface area contributed by atoms with Gasteiger partial charge in [-0.05, 0) is 29.8 Å². The molecule has 1 heterocycles. The summed E-state index contributed by atoms with van der Waals surface area (Å²) in [5.41, 5.74) is 1.54. The molecule has 0 bridgehead atoms. The van der Waals surface area contributed by atoms with Gasteiger partial charge >= 0.3 is 0 Å². The van der Waals surface area contributed by atoms with Crippen LogP contribution in [0.4, 0.5) is 5.69 Å². The van der Waals surface area contributed by atoms with Gasteiger partial charge in [-0.2, -0.15) is 5.10 Å². The average Bonchev–Trinajstić information content (AvgIpc) is 2.97. The second kappa shape index (κ2) is 8.64. The highest BCUT2D eigenvalue weighted by atomic mass is 35.5. The van der Waals surface area contributed by atoms with E-state index in [4.69, 9.17) is 11.6 Å². The molecule has 0 aromatic heterocycles. The standard InChI is InChI=1S/C18H15ClN4O2S/c19-13-6-8-14(9-7-13)21-16(24)10-15-17(25)22-18(26-15)23-20-11-12-4-2-1-3-5-12/h1-9,11,15H,10H2,(H,21,24)(H,22,23,25)/b20-11-/t15-/m1/s1. The molecular weight excluding hydrogens is 372 g/mol. The minimum Gasteiger partial charge on any atom is -0.326 e. The highest BCUT2D eigenvalue weighted by Gasteiger charge is 2.32. The smallest absolute Gasteiger partial charge is 0.240 e. The predicted octanol–water partition coefficient (Wildman–Crippen LogP) is 3.29. The van der Waals surface area contributed by atoms with Crippen molar-refractivity contribution in [3.05, 3.63) is 65.2 Å². The fourth-order valence-electron chi connectivity index (χ4n) is 2.19. The van der Waals surface area contributed by atoms with Crippen LogP contribution in [-0.4, -0.2) is 28.4 Å². The summed E-state index contributed by atoms with van der Waals surface area (Å²) in [5.74, 6) is -0.510. The number of hydrogen-bond donors (Lipinski definition) is 2. The van der Waals surface area contributed by atoms with Gasteiger partial charge in [0, 0.05) is 17.1 Å². The first kappa shape index (κ1) is 18.2. The molecule has 0 aliphatic carbocycles. The lowest BCUT2D eigenvalue weighted by Crippen LogP contribution is -2.28. The SMILES string of the molecule is O=C(C[C@H]1S/C(=N/N=C\c2ccccc2)NC1=O)Nc1ccc(Cl)cc1. The highest BCUT2D eigenvalue weighted by molar-refractivity contribution is 8.15. The number of amides is 2. The molecule has 132 valence electrons. The lowest BCUT2D eigenvalue weighted by atomic mass is 10.2. The lowest BCUT2D eigenvalue weighted by Gasteiger charge is -2.07. The molecule has 2 aromatic rings. The molecule has 26 heavy (non-hydrogen) atoms. The third-order valence-corrected chi connectivity index (χ3v) is 4.75. The number of benzene rings is 2. The Kier molecular flexibility index (Phi) is 6.04. The van der Waals surface area contributed by atoms with Crippen LogP contribution in [0, 0.1) is 0 Å². The van der Waals surface area contributed by atoms with E-state index < -0.39 is 5.25 Å². The van der Waals surface area contributed by atoms with E-state index in [2.05, 4.69) is 20.8 Å². The van der Waals surface area contributed by atoms with Crippen LogP contribution in [0.2, 0.25) is 5.02 Å². The maximum atomic E-state index is 12.1. The zero-order chi connectivity index (χ0) is 18.4. The summed E-state index contributed by atoms with van der Waals surface area (Å²) in [7, 11) is 0. The molecule has 1 saturated heterocycles. The maximum Gasteiger partial charge on any atom is 0.240 e. The van der Waals surface area contributed by atoms with Crippen molar-refractivity contribution in [2.24, 2.45) is 10.2 Å². The highest BCUT2D eigenvalue weighted by Crippen LogP contribution is 2.23. The zero-order valence-electron chi connectivity index (χ0n) is 13.6. The van der Waals surface area contributed by atoms with E-state index >= 15 is 0 Å². The summed E-state index contributed by atoms with van der Waals surface area (Å²) in [6, 6.07) is 16.3. The molecule has 6 nitrogen and oxygen atoms in total. The van der Waals surface area contributed by atoms with Gasteiger partial charge in [-0.3, -0.25) is 9.59 Å². The third kappa shape index (κ3) is 5.18. The number of carbonyl (C=O) groups is 2. The van der Waals surface area contributed by atoms with Gasteiger partial charge in [-0.1, -0.05) is 53.7 Å². The Balaban J connectivity index is 1.54. The minimum absolute atomic E-state index is 0.0422. The molecule has 0 radical (unpaired) electrons. The van der Waals surface area contributed by atoms with E-state index in [9.17, 15) is 9.59 Å². The van der Waals surface area contributed by atoms with Gasteiger partial charge in [0.25, 0.3) is 0 Å². The monoisotopic (exact) mass is 386 g/mol. The van der Waals surface area contributed by atoms with Crippen LogP contribution in [0.15, 0.2) is 64.8 Å². The molecule has 3 rings (SSSR count). The van der Waals surface area contributed by atoms with Gasteiger partial charge in [0.05, 0.1) is 6.21 Å². The lowest BCUT2D eigenvalue weighted by molar-refractivity contribution is -0.122. The van der Waals surface area contributed by atoms with E-state index in [1.807, 2.05) is 30.3 Å². The molecule has 2 amide bonds. The largest absolute Gasteiger partial charge is 0.326 e. The molecule has 2 N–H and O–H groups in total. The van der Waals surface area contributed by atoms with Crippen LogP contribution in [0.1, 0.15) is 12.0 Å². The van der Waals surface area contributed by atoms with Crippen molar-refractivity contribution < 1.29 is 9.59 Å². The fraction of sp³-hybridized carbons (Fsp3) is 0.111. The fourth-order valence-corrected chi connectivity index (χ4v) is 3.24. The molecular formula is C18H15ClN4O2S. The Morgan fingerprint density at radius 3 is 2.65 bits per heavy atom. The van der Waals surface area contributed by atoms with Crippen LogP contribution in [0.3, 0.4) is 0 Å². The normalized spacial score (nSPS) is 18.3. The van der Waals surface area contributed by atoms with Crippen LogP contribution in [0.25, 0.3) is 0 Å². The number of amidine groups is 1. The second-order valence-corrected chi connectivity index (χ2v) is 7.04. The second-order valence-electron chi connectivity index (χ2n) is 5.42. The topological polar surface area (TPSA) is 82.9 Å². The summed E-state index contributed by atoms with van der Waals surface area (Å²) < 4.78 is 0. The molecule has 0 saturated carbocycles. The Morgan fingerprint density at radius 2 is 1.92 bits per heavy atom. The number of anilines is 1. The first-order valence-corrected chi connectivity index (χ1v) is 9.05. The molecule has 1 atom stereocenters. The average molecular weight is 387 g/mol. The van der Waals surface area contributed by atoms with Gasteiger partial charge < -0.3 is 10.6 Å². The van der Waals surface area contributed by atoms with Crippen molar-refractivity contribution in [2.75, 3.05) is 5.32 Å². The first-order chi connectivity index (χ1) is 12.6. The number of rotatable bonds is 5. The van der Waals surface area contributed by atoms with Gasteiger partial charge in [-0.15, -0.1) is 5.10 Å². The molecule has 0 spiro atoms. The Hall–Kier alpha value is -2.64. The van der Waals surface area contributed by atoms with Crippen molar-refractivity contribution in [3.8, 4) is 0 Å². The van der Waals surface area contributed by atoms with Crippen molar-refractivity contribution in [1.29, 1.82) is 0 Å². The Morgan fingerprint density at radius 1 is 1.19 bits per heavy atom. The number of hydrogen-bond acceptors (Lipinski definition) is 5. The number of carbonyl (C=O) groups excluding carboxylic acids is 2. The van der Waals surface area contributed by atoms with Crippen LogP contribution in [0.5, 0.6) is 0 Å².